The molecule has 2 rings (SSSR count). The number of halogens is 1. The molecule has 9 heteroatoms. The average Bonchev–Trinajstić information content (AvgIpc) is 2.94. The molecule has 0 saturated carbocycles. The largest absolute Gasteiger partial charge is 0.490 e. The van der Waals surface area contributed by atoms with E-state index in [1.165, 1.54) is 6.92 Å². The van der Waals surface area contributed by atoms with E-state index < -0.39 is 23.2 Å². The SMILES string of the molecule is C=CCOc1c(I)cc(/C=C2/SC(=O)N([C@H](C)C(=O)OCC)C2=O)cc1OCC. The summed E-state index contributed by atoms with van der Waals surface area (Å²) in [5.74, 6) is -0.0198. The Morgan fingerprint density at radius 3 is 2.62 bits per heavy atom. The van der Waals surface area contributed by atoms with Crippen LogP contribution in [0.3, 0.4) is 0 Å². The quantitative estimate of drug-likeness (QED) is 0.204. The Hall–Kier alpha value is -2.01. The third kappa shape index (κ3) is 5.53. The van der Waals surface area contributed by atoms with Gasteiger partial charge < -0.3 is 14.2 Å². The Bertz CT molecular complexity index is 854. The van der Waals surface area contributed by atoms with Gasteiger partial charge in [-0.3, -0.25) is 14.5 Å². The van der Waals surface area contributed by atoms with Crippen molar-refractivity contribution in [3.05, 3.63) is 38.8 Å². The number of nitrogens with zero attached hydrogens (tertiary/aromatic N) is 1. The van der Waals surface area contributed by atoms with Crippen LogP contribution in [-0.2, 0) is 14.3 Å². The Morgan fingerprint density at radius 1 is 1.28 bits per heavy atom. The highest BCUT2D eigenvalue weighted by Gasteiger charge is 2.41. The maximum atomic E-state index is 12.7. The monoisotopic (exact) mass is 531 g/mol. The third-order valence-corrected chi connectivity index (χ3v) is 5.50. The first-order valence-corrected chi connectivity index (χ1v) is 10.9. The van der Waals surface area contributed by atoms with Crippen molar-refractivity contribution in [3.8, 4) is 11.5 Å². The van der Waals surface area contributed by atoms with Crippen LogP contribution >= 0.6 is 34.4 Å². The summed E-state index contributed by atoms with van der Waals surface area (Å²) in [5.41, 5.74) is 0.679. The summed E-state index contributed by atoms with van der Waals surface area (Å²) in [6.07, 6.45) is 3.24. The number of benzene rings is 1. The number of esters is 1. The van der Waals surface area contributed by atoms with Crippen LogP contribution < -0.4 is 9.47 Å². The Morgan fingerprint density at radius 2 is 2.00 bits per heavy atom. The van der Waals surface area contributed by atoms with Crippen LogP contribution in [0.15, 0.2) is 29.7 Å². The van der Waals surface area contributed by atoms with E-state index in [9.17, 15) is 14.4 Å². The lowest BCUT2D eigenvalue weighted by Crippen LogP contribution is -2.42. The van der Waals surface area contributed by atoms with Gasteiger partial charge in [0.05, 0.1) is 21.7 Å². The molecule has 0 aromatic heterocycles. The molecule has 0 aliphatic carbocycles. The molecule has 0 unspecified atom stereocenters. The molecule has 1 aliphatic heterocycles. The van der Waals surface area contributed by atoms with Crippen molar-refractivity contribution in [2.75, 3.05) is 19.8 Å². The Balaban J connectivity index is 2.34. The molecule has 1 fully saturated rings. The minimum Gasteiger partial charge on any atom is -0.490 e. The summed E-state index contributed by atoms with van der Waals surface area (Å²) >= 11 is 2.91. The maximum absolute atomic E-state index is 12.7. The predicted octanol–water partition coefficient (Wildman–Crippen LogP) is 4.24. The van der Waals surface area contributed by atoms with E-state index in [1.807, 2.05) is 13.0 Å². The molecule has 2 amide bonds. The van der Waals surface area contributed by atoms with Crippen molar-refractivity contribution in [2.45, 2.75) is 26.8 Å². The number of carbonyl (C=O) groups excluding carboxylic acids is 3. The van der Waals surface area contributed by atoms with Gasteiger partial charge in [-0.1, -0.05) is 12.7 Å². The van der Waals surface area contributed by atoms with Crippen molar-refractivity contribution < 1.29 is 28.6 Å². The summed E-state index contributed by atoms with van der Waals surface area (Å²) in [6.45, 7) is 9.59. The average molecular weight is 531 g/mol. The first-order valence-electron chi connectivity index (χ1n) is 8.97. The van der Waals surface area contributed by atoms with Gasteiger partial charge in [0.2, 0.25) is 0 Å². The summed E-state index contributed by atoms with van der Waals surface area (Å²) in [5, 5.41) is -0.507. The summed E-state index contributed by atoms with van der Waals surface area (Å²) < 4.78 is 17.0. The van der Waals surface area contributed by atoms with Gasteiger partial charge in [0.15, 0.2) is 11.5 Å². The van der Waals surface area contributed by atoms with Gasteiger partial charge in [-0.15, -0.1) is 0 Å². The minimum absolute atomic E-state index is 0.175. The first-order chi connectivity index (χ1) is 13.8. The zero-order chi connectivity index (χ0) is 21.6. The first kappa shape index (κ1) is 23.3. The number of thioether (sulfide) groups is 1. The lowest BCUT2D eigenvalue weighted by molar-refractivity contribution is -0.150. The number of imide groups is 1. The van der Waals surface area contributed by atoms with E-state index in [-0.39, 0.29) is 11.5 Å². The third-order valence-electron chi connectivity index (χ3n) is 3.81. The minimum atomic E-state index is -0.984. The molecule has 1 aromatic carbocycles. The fraction of sp³-hybridized carbons (Fsp3) is 0.350. The molecule has 29 heavy (non-hydrogen) atoms. The molecule has 7 nitrogen and oxygen atoms in total. The van der Waals surface area contributed by atoms with Gasteiger partial charge >= 0.3 is 5.97 Å². The van der Waals surface area contributed by atoms with Crippen LogP contribution in [-0.4, -0.2) is 47.9 Å². The standard InChI is InChI=1S/C20H22INO6S/c1-5-8-28-17-14(21)9-13(10-15(17)26-6-2)11-16-18(23)22(20(25)29-16)12(4)19(24)27-7-3/h5,9-12H,1,6-8H2,2-4H3/b16-11+/t12-/m1/s1. The van der Waals surface area contributed by atoms with Gasteiger partial charge in [-0.05, 0) is 78.9 Å². The van der Waals surface area contributed by atoms with Crippen LogP contribution in [0.4, 0.5) is 4.79 Å². The molecule has 0 N–H and O–H groups in total. The highest BCUT2D eigenvalue weighted by Crippen LogP contribution is 2.38. The van der Waals surface area contributed by atoms with E-state index in [2.05, 4.69) is 29.2 Å². The van der Waals surface area contributed by atoms with E-state index >= 15 is 0 Å². The zero-order valence-corrected chi connectivity index (χ0v) is 19.4. The zero-order valence-electron chi connectivity index (χ0n) is 16.4. The van der Waals surface area contributed by atoms with Crippen molar-refractivity contribution in [1.82, 2.24) is 4.90 Å². The van der Waals surface area contributed by atoms with Gasteiger partial charge in [0, 0.05) is 0 Å². The normalized spacial score (nSPS) is 16.1. The second kappa shape index (κ2) is 10.7. The molecule has 0 spiro atoms. The maximum Gasteiger partial charge on any atom is 0.329 e. The smallest absolute Gasteiger partial charge is 0.329 e. The Kier molecular flexibility index (Phi) is 8.57. The predicted molar refractivity (Wildman–Crippen MR) is 120 cm³/mol. The molecular formula is C20H22INO6S. The van der Waals surface area contributed by atoms with Crippen molar-refractivity contribution in [3.63, 3.8) is 0 Å². The number of ether oxygens (including phenoxy) is 3. The molecule has 156 valence electrons. The van der Waals surface area contributed by atoms with Crippen molar-refractivity contribution >= 4 is 57.5 Å². The van der Waals surface area contributed by atoms with Crippen molar-refractivity contribution in [2.24, 2.45) is 0 Å². The molecule has 0 radical (unpaired) electrons. The Labute approximate surface area is 187 Å². The number of hydrogen-bond donors (Lipinski definition) is 0. The molecule has 1 aromatic rings. The second-order valence-corrected chi connectivity index (χ2v) is 8.00. The molecule has 1 atom stereocenters. The number of carbonyl (C=O) groups is 3. The number of amides is 2. The topological polar surface area (TPSA) is 82.1 Å². The van der Waals surface area contributed by atoms with Crippen LogP contribution in [0, 0.1) is 3.57 Å². The molecule has 1 saturated heterocycles. The highest BCUT2D eigenvalue weighted by atomic mass is 127. The van der Waals surface area contributed by atoms with Crippen molar-refractivity contribution in [1.29, 1.82) is 0 Å². The van der Waals surface area contributed by atoms with Crippen LogP contribution in [0.25, 0.3) is 6.08 Å². The van der Waals surface area contributed by atoms with E-state index in [0.29, 0.717) is 30.3 Å². The fourth-order valence-corrected chi connectivity index (χ4v) is 4.24. The summed E-state index contributed by atoms with van der Waals surface area (Å²) in [4.78, 5) is 38.1. The summed E-state index contributed by atoms with van der Waals surface area (Å²) in [7, 11) is 0. The second-order valence-electron chi connectivity index (χ2n) is 5.84. The lowest BCUT2D eigenvalue weighted by Gasteiger charge is -2.19. The van der Waals surface area contributed by atoms with E-state index in [0.717, 1.165) is 20.2 Å². The van der Waals surface area contributed by atoms with Crippen LogP contribution in [0.1, 0.15) is 26.3 Å². The van der Waals surface area contributed by atoms with E-state index in [1.54, 1.807) is 25.1 Å². The number of rotatable bonds is 9. The lowest BCUT2D eigenvalue weighted by atomic mass is 10.1. The molecule has 0 bridgehead atoms. The van der Waals surface area contributed by atoms with Crippen LogP contribution in [0.2, 0.25) is 0 Å². The van der Waals surface area contributed by atoms with Gasteiger partial charge in [0.1, 0.15) is 12.6 Å². The fourth-order valence-electron chi connectivity index (χ4n) is 2.55. The van der Waals surface area contributed by atoms with Gasteiger partial charge in [0.25, 0.3) is 11.1 Å². The highest BCUT2D eigenvalue weighted by molar-refractivity contribution is 14.1. The van der Waals surface area contributed by atoms with Gasteiger partial charge in [-0.25, -0.2) is 4.79 Å². The van der Waals surface area contributed by atoms with E-state index in [4.69, 9.17) is 14.2 Å². The molecule has 1 aliphatic rings. The number of hydrogen-bond acceptors (Lipinski definition) is 7. The van der Waals surface area contributed by atoms with Crippen LogP contribution in [0.5, 0.6) is 11.5 Å². The van der Waals surface area contributed by atoms with Gasteiger partial charge in [-0.2, -0.15) is 0 Å². The molecule has 1 heterocycles. The summed E-state index contributed by atoms with van der Waals surface area (Å²) in [6, 6.07) is 2.58. The molecular weight excluding hydrogens is 509 g/mol.